The van der Waals surface area contributed by atoms with Gasteiger partial charge >= 0.3 is 0 Å². The highest BCUT2D eigenvalue weighted by molar-refractivity contribution is 6.35. The van der Waals surface area contributed by atoms with Gasteiger partial charge in [-0.2, -0.15) is 0 Å². The highest BCUT2D eigenvalue weighted by atomic mass is 35.5. The molecule has 2 rings (SSSR count). The molecule has 13 heavy (non-hydrogen) atoms. The van der Waals surface area contributed by atoms with Crippen molar-refractivity contribution in [3.63, 3.8) is 0 Å². The van der Waals surface area contributed by atoms with Crippen LogP contribution in [0.15, 0.2) is 12.1 Å². The molecule has 0 saturated heterocycles. The maximum Gasteiger partial charge on any atom is 0.0584 e. The molecule has 1 aromatic carbocycles. The predicted molar refractivity (Wildman–Crippen MR) is 54.5 cm³/mol. The minimum absolute atomic E-state index is 0.244. The fraction of sp³-hybridized carbons (Fsp3) is 0.400. The predicted octanol–water partition coefficient (Wildman–Crippen LogP) is 2.84. The standard InChI is InChI=1S/C10H10Cl2O/c11-7-3-6-1-2-8(13)5-9(6)10(12)4-7/h3-4,8,13H,1-2,5H2/t8-/m1/s1. The Labute approximate surface area is 87.3 Å². The van der Waals surface area contributed by atoms with Crippen molar-refractivity contribution >= 4 is 23.2 Å². The van der Waals surface area contributed by atoms with Crippen LogP contribution in [0.3, 0.4) is 0 Å². The third-order valence-corrected chi connectivity index (χ3v) is 2.99. The van der Waals surface area contributed by atoms with Gasteiger partial charge in [-0.15, -0.1) is 0 Å². The number of rotatable bonds is 0. The number of fused-ring (bicyclic) bond motifs is 1. The summed E-state index contributed by atoms with van der Waals surface area (Å²) in [5, 5.41) is 10.8. The van der Waals surface area contributed by atoms with Crippen molar-refractivity contribution in [1.82, 2.24) is 0 Å². The topological polar surface area (TPSA) is 20.2 Å². The Bertz CT molecular complexity index is 336. The number of aliphatic hydroxyl groups excluding tert-OH is 1. The van der Waals surface area contributed by atoms with Crippen LogP contribution in [-0.2, 0) is 12.8 Å². The van der Waals surface area contributed by atoms with E-state index in [1.54, 1.807) is 6.07 Å². The molecule has 0 unspecified atom stereocenters. The van der Waals surface area contributed by atoms with Crippen molar-refractivity contribution in [3.8, 4) is 0 Å². The van der Waals surface area contributed by atoms with Gasteiger partial charge in [0.1, 0.15) is 0 Å². The van der Waals surface area contributed by atoms with Crippen molar-refractivity contribution in [2.75, 3.05) is 0 Å². The minimum Gasteiger partial charge on any atom is -0.393 e. The lowest BCUT2D eigenvalue weighted by molar-refractivity contribution is 0.158. The van der Waals surface area contributed by atoms with Crippen LogP contribution in [-0.4, -0.2) is 11.2 Å². The van der Waals surface area contributed by atoms with Gasteiger partial charge in [0.2, 0.25) is 0 Å². The Morgan fingerprint density at radius 3 is 2.85 bits per heavy atom. The highest BCUT2D eigenvalue weighted by Crippen LogP contribution is 2.31. The third-order valence-electron chi connectivity index (χ3n) is 2.44. The smallest absolute Gasteiger partial charge is 0.0584 e. The van der Waals surface area contributed by atoms with Crippen molar-refractivity contribution in [2.45, 2.75) is 25.4 Å². The lowest BCUT2D eigenvalue weighted by Crippen LogP contribution is -2.18. The molecule has 0 amide bonds. The molecule has 0 radical (unpaired) electrons. The molecule has 0 aliphatic heterocycles. The zero-order chi connectivity index (χ0) is 9.42. The SMILES string of the molecule is O[C@@H]1CCc2cc(Cl)cc(Cl)c2C1. The van der Waals surface area contributed by atoms with Gasteiger partial charge in [0.05, 0.1) is 6.10 Å². The summed E-state index contributed by atoms with van der Waals surface area (Å²) in [6.07, 6.45) is 2.09. The van der Waals surface area contributed by atoms with Gasteiger partial charge in [0.25, 0.3) is 0 Å². The molecule has 0 spiro atoms. The molecule has 1 nitrogen and oxygen atoms in total. The fourth-order valence-corrected chi connectivity index (χ4v) is 2.38. The average molecular weight is 217 g/mol. The van der Waals surface area contributed by atoms with Crippen molar-refractivity contribution in [1.29, 1.82) is 0 Å². The van der Waals surface area contributed by atoms with Gasteiger partial charge in [-0.05, 0) is 36.1 Å². The molecule has 0 saturated carbocycles. The number of hydrogen-bond acceptors (Lipinski definition) is 1. The lowest BCUT2D eigenvalue weighted by Gasteiger charge is -2.21. The van der Waals surface area contributed by atoms with Crippen LogP contribution >= 0.6 is 23.2 Å². The van der Waals surface area contributed by atoms with Gasteiger partial charge in [-0.25, -0.2) is 0 Å². The van der Waals surface area contributed by atoms with E-state index in [0.717, 1.165) is 18.4 Å². The van der Waals surface area contributed by atoms with Crippen LogP contribution in [0.2, 0.25) is 10.0 Å². The first-order chi connectivity index (χ1) is 6.16. The van der Waals surface area contributed by atoms with Crippen molar-refractivity contribution in [2.24, 2.45) is 0 Å². The Morgan fingerprint density at radius 1 is 1.31 bits per heavy atom. The molecule has 1 N–H and O–H groups in total. The highest BCUT2D eigenvalue weighted by Gasteiger charge is 2.19. The second-order valence-electron chi connectivity index (χ2n) is 3.42. The largest absolute Gasteiger partial charge is 0.393 e. The minimum atomic E-state index is -0.244. The molecule has 0 heterocycles. The van der Waals surface area contributed by atoms with E-state index in [9.17, 15) is 5.11 Å². The zero-order valence-corrected chi connectivity index (χ0v) is 8.57. The number of benzene rings is 1. The van der Waals surface area contributed by atoms with Crippen molar-refractivity contribution < 1.29 is 5.11 Å². The summed E-state index contributed by atoms with van der Waals surface area (Å²) in [7, 11) is 0. The molecule has 0 bridgehead atoms. The summed E-state index contributed by atoms with van der Waals surface area (Å²) in [4.78, 5) is 0. The summed E-state index contributed by atoms with van der Waals surface area (Å²) < 4.78 is 0. The first-order valence-corrected chi connectivity index (χ1v) is 5.07. The fourth-order valence-electron chi connectivity index (χ4n) is 1.77. The van der Waals surface area contributed by atoms with Crippen LogP contribution in [0, 0.1) is 0 Å². The normalized spacial score (nSPS) is 21.3. The van der Waals surface area contributed by atoms with E-state index in [4.69, 9.17) is 23.2 Å². The number of hydrogen-bond donors (Lipinski definition) is 1. The Balaban J connectivity index is 2.47. The molecular formula is C10H10Cl2O. The first-order valence-electron chi connectivity index (χ1n) is 4.31. The molecule has 3 heteroatoms. The van der Waals surface area contributed by atoms with Crippen LogP contribution in [0.25, 0.3) is 0 Å². The summed E-state index contributed by atoms with van der Waals surface area (Å²) >= 11 is 11.9. The van der Waals surface area contributed by atoms with Gasteiger partial charge in [0, 0.05) is 16.5 Å². The van der Waals surface area contributed by atoms with Crippen molar-refractivity contribution in [3.05, 3.63) is 33.3 Å². The molecular weight excluding hydrogens is 207 g/mol. The average Bonchev–Trinajstić information content (AvgIpc) is 2.06. The van der Waals surface area contributed by atoms with Crippen LogP contribution in [0.4, 0.5) is 0 Å². The second-order valence-corrected chi connectivity index (χ2v) is 4.27. The van der Waals surface area contributed by atoms with Gasteiger partial charge in [-0.1, -0.05) is 23.2 Å². The second kappa shape index (κ2) is 3.49. The van der Waals surface area contributed by atoms with E-state index >= 15 is 0 Å². The van der Waals surface area contributed by atoms with Gasteiger partial charge < -0.3 is 5.11 Å². The monoisotopic (exact) mass is 216 g/mol. The maximum absolute atomic E-state index is 9.46. The van der Waals surface area contributed by atoms with Gasteiger partial charge in [-0.3, -0.25) is 0 Å². The van der Waals surface area contributed by atoms with E-state index in [1.165, 1.54) is 5.56 Å². The van der Waals surface area contributed by atoms with E-state index < -0.39 is 0 Å². The van der Waals surface area contributed by atoms with Crippen LogP contribution in [0.1, 0.15) is 17.5 Å². The van der Waals surface area contributed by atoms with E-state index in [1.807, 2.05) is 6.07 Å². The molecule has 0 fully saturated rings. The van der Waals surface area contributed by atoms with Crippen LogP contribution in [0.5, 0.6) is 0 Å². The molecule has 1 aromatic rings. The summed E-state index contributed by atoms with van der Waals surface area (Å²) in [6.45, 7) is 0. The molecule has 1 atom stereocenters. The maximum atomic E-state index is 9.46. The summed E-state index contributed by atoms with van der Waals surface area (Å²) in [6, 6.07) is 3.68. The van der Waals surface area contributed by atoms with E-state index in [0.29, 0.717) is 16.5 Å². The van der Waals surface area contributed by atoms with Crippen LogP contribution < -0.4 is 0 Å². The molecule has 1 aliphatic carbocycles. The number of aryl methyl sites for hydroxylation is 1. The Hall–Kier alpha value is -0.240. The summed E-state index contributed by atoms with van der Waals surface area (Å²) in [5.74, 6) is 0. The van der Waals surface area contributed by atoms with E-state index in [2.05, 4.69) is 0 Å². The molecule has 70 valence electrons. The third kappa shape index (κ3) is 1.83. The molecule has 0 aromatic heterocycles. The molecule has 1 aliphatic rings. The number of aliphatic hydroxyl groups is 1. The lowest BCUT2D eigenvalue weighted by atomic mass is 9.90. The Kier molecular flexibility index (Phi) is 2.50. The van der Waals surface area contributed by atoms with E-state index in [-0.39, 0.29) is 6.10 Å². The quantitative estimate of drug-likeness (QED) is 0.708. The number of halogens is 2. The first kappa shape index (κ1) is 9.32. The zero-order valence-electron chi connectivity index (χ0n) is 7.06. The Morgan fingerprint density at radius 2 is 2.08 bits per heavy atom. The summed E-state index contributed by atoms with van der Waals surface area (Å²) in [5.41, 5.74) is 2.24. The van der Waals surface area contributed by atoms with Gasteiger partial charge in [0.15, 0.2) is 0 Å².